The summed E-state index contributed by atoms with van der Waals surface area (Å²) in [6.07, 6.45) is 3.90. The lowest BCUT2D eigenvalue weighted by Gasteiger charge is -2.40. The van der Waals surface area contributed by atoms with Gasteiger partial charge in [-0.1, -0.05) is 70.1 Å². The van der Waals surface area contributed by atoms with Crippen molar-refractivity contribution in [1.82, 2.24) is 0 Å². The third-order valence-corrected chi connectivity index (χ3v) is 5.37. The number of hydrogen-bond acceptors (Lipinski definition) is 6. The van der Waals surface area contributed by atoms with E-state index in [0.717, 1.165) is 12.8 Å². The highest BCUT2D eigenvalue weighted by Gasteiger charge is 2.44. The highest BCUT2D eigenvalue weighted by atomic mass is 16.5. The van der Waals surface area contributed by atoms with Crippen LogP contribution in [0, 0.1) is 0 Å². The summed E-state index contributed by atoms with van der Waals surface area (Å²) in [5, 5.41) is 39.7. The molecule has 0 spiro atoms. The van der Waals surface area contributed by atoms with Crippen LogP contribution in [0.5, 0.6) is 5.75 Å². The number of para-hydroxylation sites is 1. The molecule has 1 aromatic carbocycles. The second-order valence-electron chi connectivity index (χ2n) is 7.61. The topological polar surface area (TPSA) is 99.4 Å². The third-order valence-electron chi connectivity index (χ3n) is 5.37. The van der Waals surface area contributed by atoms with Gasteiger partial charge in [-0.05, 0) is 12.5 Å². The minimum absolute atomic E-state index is 0.442. The van der Waals surface area contributed by atoms with Crippen molar-refractivity contribution in [2.24, 2.45) is 0 Å². The van der Waals surface area contributed by atoms with Gasteiger partial charge in [0.1, 0.15) is 36.3 Å². The van der Waals surface area contributed by atoms with Crippen molar-refractivity contribution in [2.75, 3.05) is 13.2 Å². The van der Waals surface area contributed by atoms with E-state index in [0.29, 0.717) is 17.9 Å². The molecule has 1 unspecified atom stereocenters. The summed E-state index contributed by atoms with van der Waals surface area (Å²) in [6, 6.07) is 7.23. The van der Waals surface area contributed by atoms with Crippen molar-refractivity contribution < 1.29 is 29.9 Å². The minimum Gasteiger partial charge on any atom is -0.493 e. The standard InChI is InChI=1S/C22H36O6/c1-2-3-4-5-6-7-8-11-14-27-17-13-10-9-12-16(17)22-21(26)20(25)19(24)18(15-23)28-22/h9-10,12-13,18-26H,2-8,11,14-15H2,1H3/t18-,19-,20+,21+,22?/m1/s1. The van der Waals surface area contributed by atoms with Crippen LogP contribution in [-0.4, -0.2) is 58.1 Å². The Morgan fingerprint density at radius 2 is 1.50 bits per heavy atom. The number of hydrogen-bond donors (Lipinski definition) is 4. The fraction of sp³-hybridized carbons (Fsp3) is 0.727. The first-order valence-corrected chi connectivity index (χ1v) is 10.6. The van der Waals surface area contributed by atoms with E-state index in [1.165, 1.54) is 38.5 Å². The number of aliphatic hydroxyl groups excluding tert-OH is 4. The van der Waals surface area contributed by atoms with Crippen LogP contribution in [0.4, 0.5) is 0 Å². The Bertz CT molecular complexity index is 550. The maximum atomic E-state index is 10.4. The van der Waals surface area contributed by atoms with Crippen LogP contribution in [0.2, 0.25) is 0 Å². The number of benzene rings is 1. The first-order valence-electron chi connectivity index (χ1n) is 10.6. The average molecular weight is 397 g/mol. The summed E-state index contributed by atoms with van der Waals surface area (Å²) in [5.41, 5.74) is 0.610. The van der Waals surface area contributed by atoms with Gasteiger partial charge in [0.2, 0.25) is 0 Å². The zero-order valence-electron chi connectivity index (χ0n) is 16.9. The Morgan fingerprint density at radius 1 is 0.857 bits per heavy atom. The van der Waals surface area contributed by atoms with Gasteiger partial charge in [-0.3, -0.25) is 0 Å². The molecular formula is C22H36O6. The number of rotatable bonds is 12. The Hall–Kier alpha value is -1.18. The highest BCUT2D eigenvalue weighted by molar-refractivity contribution is 5.36. The average Bonchev–Trinajstić information content (AvgIpc) is 2.71. The predicted molar refractivity (Wildman–Crippen MR) is 107 cm³/mol. The van der Waals surface area contributed by atoms with Crippen molar-refractivity contribution in [3.8, 4) is 5.75 Å². The number of ether oxygens (including phenoxy) is 2. The van der Waals surface area contributed by atoms with Crippen molar-refractivity contribution in [2.45, 2.75) is 88.8 Å². The van der Waals surface area contributed by atoms with Gasteiger partial charge < -0.3 is 29.9 Å². The molecule has 0 aliphatic carbocycles. The van der Waals surface area contributed by atoms with Crippen molar-refractivity contribution in [3.63, 3.8) is 0 Å². The summed E-state index contributed by atoms with van der Waals surface area (Å²) in [6.45, 7) is 2.35. The molecule has 1 saturated heterocycles. The van der Waals surface area contributed by atoms with E-state index >= 15 is 0 Å². The number of aliphatic hydroxyl groups is 4. The molecule has 1 aromatic rings. The van der Waals surface area contributed by atoms with E-state index in [1.807, 2.05) is 12.1 Å². The molecule has 6 nitrogen and oxygen atoms in total. The van der Waals surface area contributed by atoms with E-state index in [4.69, 9.17) is 9.47 Å². The summed E-state index contributed by atoms with van der Waals surface area (Å²) in [4.78, 5) is 0. The maximum absolute atomic E-state index is 10.4. The van der Waals surface area contributed by atoms with Crippen LogP contribution in [-0.2, 0) is 4.74 Å². The zero-order chi connectivity index (χ0) is 20.4. The molecule has 1 heterocycles. The molecule has 6 heteroatoms. The summed E-state index contributed by atoms with van der Waals surface area (Å²) in [7, 11) is 0. The molecule has 0 aromatic heterocycles. The van der Waals surface area contributed by atoms with Crippen LogP contribution in [0.3, 0.4) is 0 Å². The predicted octanol–water partition coefficient (Wildman–Crippen LogP) is 2.72. The van der Waals surface area contributed by atoms with Gasteiger partial charge in [0, 0.05) is 5.56 Å². The largest absolute Gasteiger partial charge is 0.493 e. The van der Waals surface area contributed by atoms with Gasteiger partial charge in [-0.25, -0.2) is 0 Å². The van der Waals surface area contributed by atoms with Gasteiger partial charge in [0.05, 0.1) is 13.2 Å². The second kappa shape index (κ2) is 12.4. The molecule has 0 radical (unpaired) electrons. The molecule has 4 N–H and O–H groups in total. The molecule has 1 fully saturated rings. The molecule has 5 atom stereocenters. The maximum Gasteiger partial charge on any atom is 0.125 e. The quantitative estimate of drug-likeness (QED) is 0.406. The first-order chi connectivity index (χ1) is 13.6. The summed E-state index contributed by atoms with van der Waals surface area (Å²) < 4.78 is 11.6. The highest BCUT2D eigenvalue weighted by Crippen LogP contribution is 2.36. The lowest BCUT2D eigenvalue weighted by molar-refractivity contribution is -0.232. The third kappa shape index (κ3) is 6.42. The molecule has 0 saturated carbocycles. The number of unbranched alkanes of at least 4 members (excludes halogenated alkanes) is 7. The van der Waals surface area contributed by atoms with Gasteiger partial charge in [0.25, 0.3) is 0 Å². The minimum atomic E-state index is -1.39. The molecule has 1 aliphatic rings. The van der Waals surface area contributed by atoms with E-state index < -0.39 is 37.1 Å². The van der Waals surface area contributed by atoms with Crippen LogP contribution in [0.1, 0.15) is 70.0 Å². The van der Waals surface area contributed by atoms with Crippen molar-refractivity contribution in [3.05, 3.63) is 29.8 Å². The van der Waals surface area contributed by atoms with Crippen LogP contribution in [0.25, 0.3) is 0 Å². The lowest BCUT2D eigenvalue weighted by Crippen LogP contribution is -2.55. The molecule has 0 amide bonds. The Balaban J connectivity index is 1.85. The van der Waals surface area contributed by atoms with E-state index in [-0.39, 0.29) is 0 Å². The van der Waals surface area contributed by atoms with Gasteiger partial charge in [-0.15, -0.1) is 0 Å². The SMILES string of the molecule is CCCCCCCCCCOc1ccccc1C1O[C@H](CO)[C@@H](O)[C@H](O)[C@@H]1O. The van der Waals surface area contributed by atoms with Crippen LogP contribution >= 0.6 is 0 Å². The molecule has 2 rings (SSSR count). The van der Waals surface area contributed by atoms with Crippen LogP contribution < -0.4 is 4.74 Å². The Kier molecular flexibility index (Phi) is 10.2. The summed E-state index contributed by atoms with van der Waals surface area (Å²) >= 11 is 0. The monoisotopic (exact) mass is 396 g/mol. The summed E-state index contributed by atoms with van der Waals surface area (Å²) in [5.74, 6) is 0.592. The molecule has 28 heavy (non-hydrogen) atoms. The normalized spacial score (nSPS) is 27.7. The van der Waals surface area contributed by atoms with E-state index in [9.17, 15) is 20.4 Å². The zero-order valence-corrected chi connectivity index (χ0v) is 16.9. The second-order valence-corrected chi connectivity index (χ2v) is 7.61. The molecule has 160 valence electrons. The van der Waals surface area contributed by atoms with Crippen molar-refractivity contribution >= 4 is 0 Å². The van der Waals surface area contributed by atoms with Gasteiger partial charge in [0.15, 0.2) is 0 Å². The Labute approximate surface area is 168 Å². The van der Waals surface area contributed by atoms with Gasteiger partial charge in [-0.2, -0.15) is 0 Å². The smallest absolute Gasteiger partial charge is 0.125 e. The first kappa shape index (κ1) is 23.1. The molecule has 0 bridgehead atoms. The molecule has 1 aliphatic heterocycles. The Morgan fingerprint density at radius 3 is 2.18 bits per heavy atom. The van der Waals surface area contributed by atoms with Crippen LogP contribution in [0.15, 0.2) is 24.3 Å². The molecular weight excluding hydrogens is 360 g/mol. The van der Waals surface area contributed by atoms with E-state index in [1.54, 1.807) is 12.1 Å². The van der Waals surface area contributed by atoms with Gasteiger partial charge >= 0.3 is 0 Å². The fourth-order valence-corrected chi connectivity index (χ4v) is 3.62. The lowest BCUT2D eigenvalue weighted by atomic mass is 9.91. The van der Waals surface area contributed by atoms with E-state index in [2.05, 4.69) is 6.92 Å². The van der Waals surface area contributed by atoms with Crippen molar-refractivity contribution in [1.29, 1.82) is 0 Å². The fourth-order valence-electron chi connectivity index (χ4n) is 3.62.